The SMILES string of the molecule is CC(C)C(NC(=O)c1ccccc1Cl)C(=O)N1CCNCC1. The Kier molecular flexibility index (Phi) is 5.80. The van der Waals surface area contributed by atoms with Crippen LogP contribution in [0.15, 0.2) is 24.3 Å². The summed E-state index contributed by atoms with van der Waals surface area (Å²) in [6.07, 6.45) is 0. The van der Waals surface area contributed by atoms with Gasteiger partial charge in [0.2, 0.25) is 5.91 Å². The number of nitrogens with one attached hydrogen (secondary N) is 2. The molecule has 1 heterocycles. The highest BCUT2D eigenvalue weighted by molar-refractivity contribution is 6.33. The fourth-order valence-corrected chi connectivity index (χ4v) is 2.68. The standard InChI is InChI=1S/C16H22ClN3O2/c1-11(2)14(16(22)20-9-7-18-8-10-20)19-15(21)12-5-3-4-6-13(12)17/h3-6,11,14,18H,7-10H2,1-2H3,(H,19,21). The molecule has 5 nitrogen and oxygen atoms in total. The van der Waals surface area contributed by atoms with Crippen LogP contribution in [0.2, 0.25) is 5.02 Å². The van der Waals surface area contributed by atoms with E-state index in [0.717, 1.165) is 13.1 Å². The van der Waals surface area contributed by atoms with Crippen LogP contribution in [0.4, 0.5) is 0 Å². The summed E-state index contributed by atoms with van der Waals surface area (Å²) in [5.41, 5.74) is 0.392. The van der Waals surface area contributed by atoms with Crippen LogP contribution in [0.3, 0.4) is 0 Å². The van der Waals surface area contributed by atoms with Crippen molar-refractivity contribution in [1.82, 2.24) is 15.5 Å². The van der Waals surface area contributed by atoms with E-state index in [0.29, 0.717) is 23.7 Å². The summed E-state index contributed by atoms with van der Waals surface area (Å²) in [6, 6.07) is 6.30. The average molecular weight is 324 g/mol. The maximum absolute atomic E-state index is 12.6. The summed E-state index contributed by atoms with van der Waals surface area (Å²) < 4.78 is 0. The number of amides is 2. The molecule has 1 aromatic carbocycles. The second-order valence-corrected chi connectivity index (χ2v) is 6.16. The van der Waals surface area contributed by atoms with E-state index in [2.05, 4.69) is 10.6 Å². The van der Waals surface area contributed by atoms with E-state index in [1.165, 1.54) is 0 Å². The molecule has 2 rings (SSSR count). The Hall–Kier alpha value is -1.59. The first-order chi connectivity index (χ1) is 10.5. The van der Waals surface area contributed by atoms with Crippen LogP contribution in [0, 0.1) is 5.92 Å². The van der Waals surface area contributed by atoms with Crippen LogP contribution in [0.5, 0.6) is 0 Å². The lowest BCUT2D eigenvalue weighted by molar-refractivity contribution is -0.134. The number of nitrogens with zero attached hydrogens (tertiary/aromatic N) is 1. The number of benzene rings is 1. The number of hydrogen-bond donors (Lipinski definition) is 2. The second kappa shape index (κ2) is 7.61. The minimum absolute atomic E-state index is 0.00817. The van der Waals surface area contributed by atoms with Crippen molar-refractivity contribution in [3.63, 3.8) is 0 Å². The van der Waals surface area contributed by atoms with Crippen molar-refractivity contribution >= 4 is 23.4 Å². The first-order valence-corrected chi connectivity index (χ1v) is 7.93. The third-order valence-corrected chi connectivity index (χ3v) is 4.10. The summed E-state index contributed by atoms with van der Waals surface area (Å²) >= 11 is 6.05. The third-order valence-electron chi connectivity index (χ3n) is 3.77. The third kappa shape index (κ3) is 3.99. The van der Waals surface area contributed by atoms with E-state index in [-0.39, 0.29) is 17.7 Å². The van der Waals surface area contributed by atoms with Crippen molar-refractivity contribution in [2.75, 3.05) is 26.2 Å². The highest BCUT2D eigenvalue weighted by Crippen LogP contribution is 2.16. The predicted octanol–water partition coefficient (Wildman–Crippen LogP) is 1.53. The molecule has 0 spiro atoms. The van der Waals surface area contributed by atoms with Gasteiger partial charge in [-0.3, -0.25) is 9.59 Å². The molecule has 1 unspecified atom stereocenters. The number of halogens is 1. The van der Waals surface area contributed by atoms with Crippen molar-refractivity contribution in [2.45, 2.75) is 19.9 Å². The lowest BCUT2D eigenvalue weighted by Gasteiger charge is -2.32. The minimum Gasteiger partial charge on any atom is -0.340 e. The van der Waals surface area contributed by atoms with E-state index in [4.69, 9.17) is 11.6 Å². The van der Waals surface area contributed by atoms with Gasteiger partial charge in [-0.25, -0.2) is 0 Å². The van der Waals surface area contributed by atoms with Crippen LogP contribution >= 0.6 is 11.6 Å². The fourth-order valence-electron chi connectivity index (χ4n) is 2.46. The minimum atomic E-state index is -0.540. The molecular weight excluding hydrogens is 302 g/mol. The molecule has 0 radical (unpaired) electrons. The monoisotopic (exact) mass is 323 g/mol. The van der Waals surface area contributed by atoms with Gasteiger partial charge in [0, 0.05) is 26.2 Å². The molecule has 6 heteroatoms. The molecule has 0 bridgehead atoms. The van der Waals surface area contributed by atoms with Crippen molar-refractivity contribution in [3.05, 3.63) is 34.9 Å². The molecule has 2 amide bonds. The molecule has 1 atom stereocenters. The lowest BCUT2D eigenvalue weighted by Crippen LogP contribution is -2.55. The molecule has 1 aromatic rings. The van der Waals surface area contributed by atoms with Gasteiger partial charge in [-0.2, -0.15) is 0 Å². The molecule has 0 aliphatic carbocycles. The lowest BCUT2D eigenvalue weighted by atomic mass is 10.0. The van der Waals surface area contributed by atoms with Gasteiger partial charge in [-0.05, 0) is 18.1 Å². The van der Waals surface area contributed by atoms with Crippen molar-refractivity contribution in [3.8, 4) is 0 Å². The fraction of sp³-hybridized carbons (Fsp3) is 0.500. The number of carbonyl (C=O) groups is 2. The number of hydrogen-bond acceptors (Lipinski definition) is 3. The average Bonchev–Trinajstić information content (AvgIpc) is 2.52. The molecule has 0 saturated carbocycles. The van der Waals surface area contributed by atoms with Crippen LogP contribution in [-0.2, 0) is 4.79 Å². The Morgan fingerprint density at radius 1 is 1.23 bits per heavy atom. The zero-order chi connectivity index (χ0) is 16.1. The van der Waals surface area contributed by atoms with E-state index in [1.807, 2.05) is 13.8 Å². The topological polar surface area (TPSA) is 61.4 Å². The highest BCUT2D eigenvalue weighted by Gasteiger charge is 2.29. The summed E-state index contributed by atoms with van der Waals surface area (Å²) in [4.78, 5) is 26.8. The second-order valence-electron chi connectivity index (χ2n) is 5.75. The van der Waals surface area contributed by atoms with Gasteiger partial charge in [-0.15, -0.1) is 0 Å². The first kappa shape index (κ1) is 16.8. The van der Waals surface area contributed by atoms with Crippen LogP contribution in [0.25, 0.3) is 0 Å². The van der Waals surface area contributed by atoms with Gasteiger partial charge in [0.15, 0.2) is 0 Å². The van der Waals surface area contributed by atoms with E-state index in [1.54, 1.807) is 29.2 Å². The largest absolute Gasteiger partial charge is 0.340 e. The normalized spacial score (nSPS) is 16.5. The van der Waals surface area contributed by atoms with Gasteiger partial charge in [-0.1, -0.05) is 37.6 Å². The molecule has 1 aliphatic heterocycles. The Labute approximate surface area is 136 Å². The van der Waals surface area contributed by atoms with Gasteiger partial charge in [0.05, 0.1) is 10.6 Å². The summed E-state index contributed by atoms with van der Waals surface area (Å²) in [5, 5.41) is 6.44. The van der Waals surface area contributed by atoms with Gasteiger partial charge >= 0.3 is 0 Å². The van der Waals surface area contributed by atoms with Crippen molar-refractivity contribution < 1.29 is 9.59 Å². The molecule has 1 aliphatic rings. The summed E-state index contributed by atoms with van der Waals surface area (Å²) in [6.45, 7) is 6.77. The Bertz CT molecular complexity index is 542. The zero-order valence-electron chi connectivity index (χ0n) is 12.9. The molecular formula is C16H22ClN3O2. The maximum atomic E-state index is 12.6. The molecule has 120 valence electrons. The van der Waals surface area contributed by atoms with Gasteiger partial charge in [0.25, 0.3) is 5.91 Å². The molecule has 2 N–H and O–H groups in total. The Balaban J connectivity index is 2.10. The van der Waals surface area contributed by atoms with Gasteiger partial charge in [0.1, 0.15) is 6.04 Å². The number of piperazine rings is 1. The molecule has 0 aromatic heterocycles. The van der Waals surface area contributed by atoms with E-state index < -0.39 is 6.04 Å². The van der Waals surface area contributed by atoms with Crippen molar-refractivity contribution in [1.29, 1.82) is 0 Å². The first-order valence-electron chi connectivity index (χ1n) is 7.55. The molecule has 1 saturated heterocycles. The van der Waals surface area contributed by atoms with Crippen LogP contribution in [-0.4, -0.2) is 48.9 Å². The Morgan fingerprint density at radius 2 is 1.86 bits per heavy atom. The smallest absolute Gasteiger partial charge is 0.253 e. The van der Waals surface area contributed by atoms with E-state index in [9.17, 15) is 9.59 Å². The molecule has 1 fully saturated rings. The Morgan fingerprint density at radius 3 is 2.45 bits per heavy atom. The van der Waals surface area contributed by atoms with Crippen molar-refractivity contribution in [2.24, 2.45) is 5.92 Å². The number of carbonyl (C=O) groups excluding carboxylic acids is 2. The summed E-state index contributed by atoms with van der Waals surface area (Å²) in [5.74, 6) is -0.335. The quantitative estimate of drug-likeness (QED) is 0.883. The van der Waals surface area contributed by atoms with Crippen LogP contribution < -0.4 is 10.6 Å². The predicted molar refractivity (Wildman–Crippen MR) is 87.0 cm³/mol. The maximum Gasteiger partial charge on any atom is 0.253 e. The summed E-state index contributed by atoms with van der Waals surface area (Å²) in [7, 11) is 0. The zero-order valence-corrected chi connectivity index (χ0v) is 13.7. The van der Waals surface area contributed by atoms with Gasteiger partial charge < -0.3 is 15.5 Å². The van der Waals surface area contributed by atoms with Crippen LogP contribution in [0.1, 0.15) is 24.2 Å². The van der Waals surface area contributed by atoms with E-state index >= 15 is 0 Å². The molecule has 22 heavy (non-hydrogen) atoms. The number of rotatable bonds is 4. The highest BCUT2D eigenvalue weighted by atomic mass is 35.5.